The summed E-state index contributed by atoms with van der Waals surface area (Å²) in [4.78, 5) is 19.0. The first-order valence-electron chi connectivity index (χ1n) is 6.67. The highest BCUT2D eigenvalue weighted by atomic mass is 19.4. The molecule has 0 spiro atoms. The summed E-state index contributed by atoms with van der Waals surface area (Å²) in [6.07, 6.45) is -3.41. The minimum Gasteiger partial charge on any atom is -0.497 e. The number of ether oxygens (including phenoxy) is 1. The maximum Gasteiger partial charge on any atom is 0.405 e. The number of nitrogens with one attached hydrogen (secondary N) is 2. The molecule has 7 nitrogen and oxygen atoms in total. The molecule has 4 N–H and O–H groups in total. The van der Waals surface area contributed by atoms with Crippen molar-refractivity contribution in [3.8, 4) is 5.75 Å². The van der Waals surface area contributed by atoms with Gasteiger partial charge in [-0.25, -0.2) is 4.98 Å². The topological polar surface area (TPSA) is 102 Å². The smallest absolute Gasteiger partial charge is 0.405 e. The Hall–Kier alpha value is -3.04. The second-order valence-corrected chi connectivity index (χ2v) is 4.64. The third kappa shape index (κ3) is 4.73. The van der Waals surface area contributed by atoms with Gasteiger partial charge in [0.05, 0.1) is 12.7 Å². The lowest BCUT2D eigenvalue weighted by Gasteiger charge is -2.13. The summed E-state index contributed by atoms with van der Waals surface area (Å²) < 4.78 is 42.0. The molecule has 0 fully saturated rings. The molecule has 1 amide bonds. The van der Waals surface area contributed by atoms with Crippen LogP contribution in [0.25, 0.3) is 0 Å². The van der Waals surface area contributed by atoms with Crippen LogP contribution in [0.2, 0.25) is 0 Å². The molecule has 0 saturated heterocycles. The van der Waals surface area contributed by atoms with Gasteiger partial charge in [0.25, 0.3) is 5.91 Å². The third-order valence-corrected chi connectivity index (χ3v) is 2.86. The maximum atomic E-state index is 12.3. The van der Waals surface area contributed by atoms with Gasteiger partial charge < -0.3 is 21.1 Å². The number of methoxy groups -OCH3 is 1. The van der Waals surface area contributed by atoms with Crippen molar-refractivity contribution in [2.45, 2.75) is 6.18 Å². The van der Waals surface area contributed by atoms with Crippen molar-refractivity contribution < 1.29 is 22.7 Å². The first kappa shape index (κ1) is 17.3. The summed E-state index contributed by atoms with van der Waals surface area (Å²) in [6.45, 7) is -1.35. The van der Waals surface area contributed by atoms with Gasteiger partial charge >= 0.3 is 6.18 Å². The predicted molar refractivity (Wildman–Crippen MR) is 81.4 cm³/mol. The van der Waals surface area contributed by atoms with Gasteiger partial charge in [0.15, 0.2) is 0 Å². The number of primary amides is 1. The molecular formula is C14H14F3N5O2. The van der Waals surface area contributed by atoms with Crippen molar-refractivity contribution in [2.24, 2.45) is 5.73 Å². The summed E-state index contributed by atoms with van der Waals surface area (Å²) in [5, 5.41) is 4.85. The molecule has 10 heteroatoms. The Labute approximate surface area is 135 Å². The number of aromatic nitrogens is 2. The molecule has 0 bridgehead atoms. The molecule has 0 aliphatic heterocycles. The molecule has 0 radical (unpaired) electrons. The fourth-order valence-electron chi connectivity index (χ4n) is 1.74. The zero-order valence-electron chi connectivity index (χ0n) is 12.5. The van der Waals surface area contributed by atoms with Crippen molar-refractivity contribution in [3.63, 3.8) is 0 Å². The van der Waals surface area contributed by atoms with E-state index in [0.717, 1.165) is 6.20 Å². The van der Waals surface area contributed by atoms with Crippen molar-refractivity contribution >= 4 is 23.4 Å². The number of amides is 1. The Morgan fingerprint density at radius 1 is 1.29 bits per heavy atom. The van der Waals surface area contributed by atoms with Gasteiger partial charge in [-0.1, -0.05) is 0 Å². The van der Waals surface area contributed by atoms with Crippen LogP contribution in [-0.4, -0.2) is 35.7 Å². The zero-order chi connectivity index (χ0) is 17.7. The lowest BCUT2D eigenvalue weighted by Crippen LogP contribution is -2.24. The molecule has 0 atom stereocenters. The quantitative estimate of drug-likeness (QED) is 0.745. The second-order valence-electron chi connectivity index (χ2n) is 4.64. The second kappa shape index (κ2) is 7.02. The van der Waals surface area contributed by atoms with Crippen LogP contribution in [0.5, 0.6) is 5.75 Å². The highest BCUT2D eigenvalue weighted by Crippen LogP contribution is 2.21. The van der Waals surface area contributed by atoms with E-state index in [-0.39, 0.29) is 17.3 Å². The molecule has 0 aliphatic carbocycles. The Bertz CT molecular complexity index is 719. The number of carbonyl (C=O) groups excluding carboxylic acids is 1. The number of halogens is 3. The van der Waals surface area contributed by atoms with Gasteiger partial charge in [0.2, 0.25) is 5.95 Å². The fourth-order valence-corrected chi connectivity index (χ4v) is 1.74. The monoisotopic (exact) mass is 341 g/mol. The molecule has 24 heavy (non-hydrogen) atoms. The third-order valence-electron chi connectivity index (χ3n) is 2.86. The number of carbonyl (C=O) groups is 1. The van der Waals surface area contributed by atoms with E-state index in [2.05, 4.69) is 15.3 Å². The van der Waals surface area contributed by atoms with Gasteiger partial charge in [0, 0.05) is 11.9 Å². The predicted octanol–water partition coefficient (Wildman–Crippen LogP) is 2.30. The van der Waals surface area contributed by atoms with Crippen molar-refractivity contribution in [2.75, 3.05) is 24.3 Å². The van der Waals surface area contributed by atoms with Crippen molar-refractivity contribution in [1.82, 2.24) is 9.97 Å². The lowest BCUT2D eigenvalue weighted by molar-refractivity contribution is -0.115. The molecule has 1 aromatic carbocycles. The van der Waals surface area contributed by atoms with E-state index in [1.54, 1.807) is 24.3 Å². The Morgan fingerprint density at radius 3 is 2.50 bits per heavy atom. The number of nitrogens with two attached hydrogens (primary N) is 1. The number of benzene rings is 1. The number of anilines is 3. The molecule has 0 saturated carbocycles. The molecule has 1 heterocycles. The van der Waals surface area contributed by atoms with Gasteiger partial charge in [-0.3, -0.25) is 4.79 Å². The van der Waals surface area contributed by atoms with Gasteiger partial charge in [-0.15, -0.1) is 0 Å². The van der Waals surface area contributed by atoms with E-state index >= 15 is 0 Å². The minimum absolute atomic E-state index is 0.00911. The van der Waals surface area contributed by atoms with Crippen LogP contribution in [0.4, 0.5) is 30.6 Å². The van der Waals surface area contributed by atoms with E-state index < -0.39 is 18.6 Å². The number of rotatable bonds is 6. The van der Waals surface area contributed by atoms with Crippen LogP contribution >= 0.6 is 0 Å². The SMILES string of the molecule is COc1ccc(Nc2ncc(C(N)=O)c(NCC(F)(F)F)n2)cc1. The van der Waals surface area contributed by atoms with Gasteiger partial charge in [-0.2, -0.15) is 18.2 Å². The molecule has 0 unspecified atom stereocenters. The van der Waals surface area contributed by atoms with Crippen molar-refractivity contribution in [1.29, 1.82) is 0 Å². The van der Waals surface area contributed by atoms with E-state index in [9.17, 15) is 18.0 Å². The van der Waals surface area contributed by atoms with E-state index in [1.165, 1.54) is 7.11 Å². The molecular weight excluding hydrogens is 327 g/mol. The van der Waals surface area contributed by atoms with Crippen LogP contribution in [0.15, 0.2) is 30.5 Å². The first-order valence-corrected chi connectivity index (χ1v) is 6.67. The number of nitrogens with zero attached hydrogens (tertiary/aromatic N) is 2. The van der Waals surface area contributed by atoms with Crippen LogP contribution < -0.4 is 21.1 Å². The van der Waals surface area contributed by atoms with E-state index in [0.29, 0.717) is 11.4 Å². The van der Waals surface area contributed by atoms with E-state index in [1.807, 2.05) is 5.32 Å². The minimum atomic E-state index is -4.47. The summed E-state index contributed by atoms with van der Waals surface area (Å²) in [7, 11) is 1.52. The maximum absolute atomic E-state index is 12.3. The Kier molecular flexibility index (Phi) is 5.07. The average Bonchev–Trinajstić information content (AvgIpc) is 2.53. The highest BCUT2D eigenvalue weighted by molar-refractivity contribution is 5.97. The summed E-state index contributed by atoms with van der Waals surface area (Å²) in [5.74, 6) is -0.588. The standard InChI is InChI=1S/C14H14F3N5O2/c1-24-9-4-2-8(3-5-9)21-13-19-6-10(11(18)23)12(22-13)20-7-14(15,16)17/h2-6H,7H2,1H3,(H2,18,23)(H2,19,20,21,22). The molecule has 2 aromatic rings. The lowest BCUT2D eigenvalue weighted by atomic mass is 10.3. The van der Waals surface area contributed by atoms with Crippen LogP contribution in [0, 0.1) is 0 Å². The summed E-state index contributed by atoms with van der Waals surface area (Å²) in [5.41, 5.74) is 5.46. The molecule has 1 aromatic heterocycles. The Balaban J connectivity index is 2.22. The summed E-state index contributed by atoms with van der Waals surface area (Å²) >= 11 is 0. The van der Waals surface area contributed by atoms with Gasteiger partial charge in [0.1, 0.15) is 18.1 Å². The number of alkyl halides is 3. The Morgan fingerprint density at radius 2 is 1.96 bits per heavy atom. The van der Waals surface area contributed by atoms with Crippen LogP contribution in [-0.2, 0) is 0 Å². The average molecular weight is 341 g/mol. The largest absolute Gasteiger partial charge is 0.497 e. The first-order chi connectivity index (χ1) is 11.3. The molecule has 128 valence electrons. The number of hydrogen-bond donors (Lipinski definition) is 3. The molecule has 0 aliphatic rings. The van der Waals surface area contributed by atoms with Gasteiger partial charge in [-0.05, 0) is 24.3 Å². The zero-order valence-corrected chi connectivity index (χ0v) is 12.5. The van der Waals surface area contributed by atoms with Crippen LogP contribution in [0.1, 0.15) is 10.4 Å². The normalized spacial score (nSPS) is 11.0. The van der Waals surface area contributed by atoms with Crippen molar-refractivity contribution in [3.05, 3.63) is 36.0 Å². The van der Waals surface area contributed by atoms with E-state index in [4.69, 9.17) is 10.5 Å². The molecule has 2 rings (SSSR count). The fraction of sp³-hybridized carbons (Fsp3) is 0.214. The highest BCUT2D eigenvalue weighted by Gasteiger charge is 2.28. The van der Waals surface area contributed by atoms with Crippen LogP contribution in [0.3, 0.4) is 0 Å². The summed E-state index contributed by atoms with van der Waals surface area (Å²) in [6, 6.07) is 6.71. The number of hydrogen-bond acceptors (Lipinski definition) is 6.